The first-order chi connectivity index (χ1) is 14.8. The lowest BCUT2D eigenvalue weighted by Gasteiger charge is -2.12. The maximum atomic E-state index is 12.5. The molecule has 0 fully saturated rings. The van der Waals surface area contributed by atoms with Gasteiger partial charge in [-0.3, -0.25) is 25.2 Å². The highest BCUT2D eigenvalue weighted by Gasteiger charge is 2.14. The first-order valence-corrected chi connectivity index (χ1v) is 10.7. The van der Waals surface area contributed by atoms with Crippen LogP contribution in [0.1, 0.15) is 30.6 Å². The van der Waals surface area contributed by atoms with Crippen molar-refractivity contribution in [3.63, 3.8) is 0 Å². The normalized spacial score (nSPS) is 10.4. The summed E-state index contributed by atoms with van der Waals surface area (Å²) in [5.74, 6) is 0.410. The minimum atomic E-state index is -0.444. The predicted molar refractivity (Wildman–Crippen MR) is 120 cm³/mol. The van der Waals surface area contributed by atoms with Crippen LogP contribution in [0.15, 0.2) is 47.4 Å². The molecule has 0 aliphatic carbocycles. The Kier molecular flexibility index (Phi) is 9.20. The summed E-state index contributed by atoms with van der Waals surface area (Å²) in [6.07, 6.45) is 0.312. The van der Waals surface area contributed by atoms with E-state index >= 15 is 0 Å². The van der Waals surface area contributed by atoms with Gasteiger partial charge in [0.05, 0.1) is 25.5 Å². The van der Waals surface area contributed by atoms with Crippen LogP contribution in [0.5, 0.6) is 11.5 Å². The quantitative estimate of drug-likeness (QED) is 0.404. The highest BCUT2D eigenvalue weighted by Crippen LogP contribution is 2.30. The van der Waals surface area contributed by atoms with Crippen molar-refractivity contribution in [2.45, 2.75) is 25.2 Å². The molecular formula is C22H27N3O5S. The maximum absolute atomic E-state index is 12.5. The van der Waals surface area contributed by atoms with E-state index in [2.05, 4.69) is 16.2 Å². The predicted octanol–water partition coefficient (Wildman–Crippen LogP) is 3.24. The van der Waals surface area contributed by atoms with Gasteiger partial charge in [0.15, 0.2) is 11.5 Å². The molecule has 3 N–H and O–H groups in total. The van der Waals surface area contributed by atoms with Crippen molar-refractivity contribution in [2.75, 3.05) is 25.3 Å². The van der Waals surface area contributed by atoms with Gasteiger partial charge in [-0.2, -0.15) is 0 Å². The van der Waals surface area contributed by atoms with Gasteiger partial charge in [0, 0.05) is 23.1 Å². The van der Waals surface area contributed by atoms with Crippen LogP contribution in [0.4, 0.5) is 5.69 Å². The number of benzene rings is 2. The number of hydrogen-bond donors (Lipinski definition) is 3. The zero-order valence-corrected chi connectivity index (χ0v) is 18.8. The number of carbonyl (C=O) groups excluding carboxylic acids is 3. The lowest BCUT2D eigenvalue weighted by Crippen LogP contribution is -2.42. The molecule has 31 heavy (non-hydrogen) atoms. The SMILES string of the molecule is COc1ccc(NC(=O)CSc2ccccc2C(=O)NNC(=O)CC(C)C)cc1OC. The van der Waals surface area contributed by atoms with Crippen LogP contribution < -0.4 is 25.6 Å². The Morgan fingerprint density at radius 3 is 2.32 bits per heavy atom. The fraction of sp³-hybridized carbons (Fsp3) is 0.318. The zero-order chi connectivity index (χ0) is 22.8. The van der Waals surface area contributed by atoms with Gasteiger partial charge >= 0.3 is 0 Å². The van der Waals surface area contributed by atoms with Crippen molar-refractivity contribution < 1.29 is 23.9 Å². The van der Waals surface area contributed by atoms with Gasteiger partial charge in [0.25, 0.3) is 5.91 Å². The summed E-state index contributed by atoms with van der Waals surface area (Å²) in [6.45, 7) is 3.83. The average molecular weight is 446 g/mol. The van der Waals surface area contributed by atoms with Gasteiger partial charge in [-0.15, -0.1) is 11.8 Å². The minimum Gasteiger partial charge on any atom is -0.493 e. The van der Waals surface area contributed by atoms with Crippen molar-refractivity contribution in [1.82, 2.24) is 10.9 Å². The molecular weight excluding hydrogens is 418 g/mol. The van der Waals surface area contributed by atoms with Gasteiger partial charge in [-0.25, -0.2) is 0 Å². The van der Waals surface area contributed by atoms with Crippen LogP contribution in [0.2, 0.25) is 0 Å². The number of ether oxygens (including phenoxy) is 2. The Hall–Kier alpha value is -3.20. The number of hydrogen-bond acceptors (Lipinski definition) is 6. The van der Waals surface area contributed by atoms with Crippen molar-refractivity contribution in [1.29, 1.82) is 0 Å². The zero-order valence-electron chi connectivity index (χ0n) is 18.0. The van der Waals surface area contributed by atoms with Gasteiger partial charge in [-0.1, -0.05) is 26.0 Å². The summed E-state index contributed by atoms with van der Waals surface area (Å²) in [5, 5.41) is 2.79. The molecule has 0 saturated heterocycles. The van der Waals surface area contributed by atoms with E-state index in [1.54, 1.807) is 42.5 Å². The molecule has 8 nitrogen and oxygen atoms in total. The van der Waals surface area contributed by atoms with Gasteiger partial charge in [0.2, 0.25) is 11.8 Å². The third-order valence-corrected chi connectivity index (χ3v) is 5.14. The molecule has 0 atom stereocenters. The Labute approximate surface area is 186 Å². The van der Waals surface area contributed by atoms with E-state index in [1.165, 1.54) is 26.0 Å². The second-order valence-corrected chi connectivity index (χ2v) is 8.02. The monoisotopic (exact) mass is 445 g/mol. The molecule has 2 rings (SSSR count). The lowest BCUT2D eigenvalue weighted by molar-refractivity contribution is -0.122. The number of amides is 3. The minimum absolute atomic E-state index is 0.0956. The molecule has 0 radical (unpaired) electrons. The van der Waals surface area contributed by atoms with E-state index in [0.29, 0.717) is 34.1 Å². The summed E-state index contributed by atoms with van der Waals surface area (Å²) >= 11 is 1.22. The summed E-state index contributed by atoms with van der Waals surface area (Å²) in [4.78, 5) is 37.2. The molecule has 2 aromatic rings. The topological polar surface area (TPSA) is 106 Å². The van der Waals surface area contributed by atoms with Crippen molar-refractivity contribution in [3.05, 3.63) is 48.0 Å². The van der Waals surface area contributed by atoms with Crippen molar-refractivity contribution >= 4 is 35.2 Å². The van der Waals surface area contributed by atoms with Crippen LogP contribution in [0.3, 0.4) is 0 Å². The van der Waals surface area contributed by atoms with E-state index in [9.17, 15) is 14.4 Å². The molecule has 0 aromatic heterocycles. The third-order valence-electron chi connectivity index (χ3n) is 4.07. The molecule has 0 saturated carbocycles. The molecule has 0 heterocycles. The fourth-order valence-electron chi connectivity index (χ4n) is 2.65. The number of rotatable bonds is 9. The first kappa shape index (κ1) is 24.1. The van der Waals surface area contributed by atoms with E-state index in [4.69, 9.17) is 9.47 Å². The van der Waals surface area contributed by atoms with Crippen LogP contribution in [0.25, 0.3) is 0 Å². The highest BCUT2D eigenvalue weighted by atomic mass is 32.2. The van der Waals surface area contributed by atoms with Crippen LogP contribution in [0, 0.1) is 5.92 Å². The molecule has 3 amide bonds. The number of hydrazine groups is 1. The Morgan fingerprint density at radius 1 is 0.935 bits per heavy atom. The second kappa shape index (κ2) is 11.8. The van der Waals surface area contributed by atoms with Gasteiger partial charge < -0.3 is 14.8 Å². The fourth-order valence-corrected chi connectivity index (χ4v) is 3.50. The van der Waals surface area contributed by atoms with Crippen LogP contribution in [-0.4, -0.2) is 37.7 Å². The lowest BCUT2D eigenvalue weighted by atomic mass is 10.1. The highest BCUT2D eigenvalue weighted by molar-refractivity contribution is 8.00. The van der Waals surface area contributed by atoms with E-state index < -0.39 is 5.91 Å². The van der Waals surface area contributed by atoms with Crippen LogP contribution >= 0.6 is 11.8 Å². The Morgan fingerprint density at radius 2 is 1.65 bits per heavy atom. The standard InChI is InChI=1S/C22H27N3O5S/c1-14(2)11-20(26)24-25-22(28)16-7-5-6-8-19(16)31-13-21(27)23-15-9-10-17(29-3)18(12-15)30-4/h5-10,12,14H,11,13H2,1-4H3,(H,23,27)(H,24,26)(H,25,28). The molecule has 0 bridgehead atoms. The maximum Gasteiger partial charge on any atom is 0.270 e. The van der Waals surface area contributed by atoms with E-state index in [-0.39, 0.29) is 23.5 Å². The van der Waals surface area contributed by atoms with Crippen molar-refractivity contribution in [3.8, 4) is 11.5 Å². The molecule has 9 heteroatoms. The largest absolute Gasteiger partial charge is 0.493 e. The number of nitrogens with one attached hydrogen (secondary N) is 3. The molecule has 0 unspecified atom stereocenters. The average Bonchev–Trinajstić information content (AvgIpc) is 2.75. The summed E-state index contributed by atoms with van der Waals surface area (Å²) in [7, 11) is 3.06. The van der Waals surface area contributed by atoms with Crippen molar-refractivity contribution in [2.24, 2.45) is 5.92 Å². The van der Waals surface area contributed by atoms with E-state index in [0.717, 1.165) is 0 Å². The Bertz CT molecular complexity index is 933. The van der Waals surface area contributed by atoms with E-state index in [1.807, 2.05) is 13.8 Å². The summed E-state index contributed by atoms with van der Waals surface area (Å²) < 4.78 is 10.4. The van der Waals surface area contributed by atoms with Crippen LogP contribution in [-0.2, 0) is 9.59 Å². The number of carbonyl (C=O) groups is 3. The first-order valence-electron chi connectivity index (χ1n) is 9.67. The Balaban J connectivity index is 1.96. The van der Waals surface area contributed by atoms with Gasteiger partial charge in [0.1, 0.15) is 0 Å². The third kappa shape index (κ3) is 7.53. The summed E-state index contributed by atoms with van der Waals surface area (Å²) in [6, 6.07) is 12.0. The number of methoxy groups -OCH3 is 2. The number of thioether (sulfide) groups is 1. The second-order valence-electron chi connectivity index (χ2n) is 7.00. The van der Waals surface area contributed by atoms with Gasteiger partial charge in [-0.05, 0) is 30.2 Å². The molecule has 2 aromatic carbocycles. The molecule has 0 aliphatic rings. The summed E-state index contributed by atoms with van der Waals surface area (Å²) in [5.41, 5.74) is 5.77. The molecule has 0 spiro atoms. The number of anilines is 1. The molecule has 0 aliphatic heterocycles. The smallest absolute Gasteiger partial charge is 0.270 e. The molecule has 166 valence electrons.